The molecule has 0 spiro atoms. The second kappa shape index (κ2) is 7.43. The molecule has 144 valence electrons. The van der Waals surface area contributed by atoms with E-state index in [0.29, 0.717) is 41.4 Å². The molecule has 2 aromatic carbocycles. The molecule has 9 heteroatoms. The van der Waals surface area contributed by atoms with Crippen molar-refractivity contribution in [1.82, 2.24) is 9.71 Å². The number of nitrogens with one attached hydrogen (secondary N) is 1. The fourth-order valence-electron chi connectivity index (χ4n) is 2.86. The van der Waals surface area contributed by atoms with Crippen LogP contribution in [0.2, 0.25) is 0 Å². The molecule has 1 aliphatic rings. The Labute approximate surface area is 161 Å². The van der Waals surface area contributed by atoms with Crippen LogP contribution in [0.5, 0.6) is 0 Å². The lowest BCUT2D eigenvalue weighted by Gasteiger charge is -2.02. The summed E-state index contributed by atoms with van der Waals surface area (Å²) in [6.45, 7) is 0.263. The lowest BCUT2D eigenvalue weighted by Crippen LogP contribution is -2.22. The van der Waals surface area contributed by atoms with E-state index < -0.39 is 16.0 Å². The average molecular weight is 399 g/mol. The summed E-state index contributed by atoms with van der Waals surface area (Å²) in [5.41, 5.74) is 1.90. The maximum atomic E-state index is 12.0. The normalized spacial score (nSPS) is 16.1. The highest BCUT2D eigenvalue weighted by molar-refractivity contribution is 7.90. The van der Waals surface area contributed by atoms with Crippen molar-refractivity contribution in [2.45, 2.75) is 24.3 Å². The van der Waals surface area contributed by atoms with E-state index in [2.05, 4.69) is 14.7 Å². The first-order chi connectivity index (χ1) is 13.5. The number of carbonyl (C=O) groups is 1. The molecule has 3 aromatic rings. The highest BCUT2D eigenvalue weighted by Crippen LogP contribution is 2.22. The first-order valence-corrected chi connectivity index (χ1v) is 10.2. The number of aromatic nitrogens is 1. The van der Waals surface area contributed by atoms with Crippen molar-refractivity contribution in [2.75, 3.05) is 6.54 Å². The second-order valence-corrected chi connectivity index (χ2v) is 7.82. The zero-order valence-electron chi connectivity index (χ0n) is 14.8. The topological polar surface area (TPSA) is 111 Å². The lowest BCUT2D eigenvalue weighted by atomic mass is 10.2. The van der Waals surface area contributed by atoms with Crippen LogP contribution in [0.4, 0.5) is 0 Å². The molecular weight excluding hydrogens is 382 g/mol. The molecular formula is C19H17N3O5S. The van der Waals surface area contributed by atoms with Crippen molar-refractivity contribution in [3.63, 3.8) is 0 Å². The van der Waals surface area contributed by atoms with Gasteiger partial charge in [0.15, 0.2) is 12.2 Å². The molecule has 2 heterocycles. The summed E-state index contributed by atoms with van der Waals surface area (Å²) in [6.07, 6.45) is 0.588. The number of fused-ring (bicyclic) bond motifs is 2. The van der Waals surface area contributed by atoms with E-state index in [-0.39, 0.29) is 17.9 Å². The van der Waals surface area contributed by atoms with Gasteiger partial charge in [-0.05, 0) is 30.7 Å². The van der Waals surface area contributed by atoms with Gasteiger partial charge in [-0.25, -0.2) is 13.4 Å². The van der Waals surface area contributed by atoms with Crippen molar-refractivity contribution < 1.29 is 22.4 Å². The number of para-hydroxylation sites is 2. The van der Waals surface area contributed by atoms with E-state index >= 15 is 0 Å². The van der Waals surface area contributed by atoms with Crippen LogP contribution < -0.4 is 4.72 Å². The van der Waals surface area contributed by atoms with Gasteiger partial charge in [-0.15, -0.1) is 0 Å². The summed E-state index contributed by atoms with van der Waals surface area (Å²) in [4.78, 5) is 20.6. The van der Waals surface area contributed by atoms with Crippen LogP contribution in [0, 0.1) is 0 Å². The first-order valence-electron chi connectivity index (χ1n) is 8.70. The number of benzene rings is 2. The van der Waals surface area contributed by atoms with E-state index in [4.69, 9.17) is 9.15 Å². The predicted octanol–water partition coefficient (Wildman–Crippen LogP) is 2.39. The smallest absolute Gasteiger partial charge is 0.306 e. The van der Waals surface area contributed by atoms with E-state index in [1.54, 1.807) is 24.3 Å². The fraction of sp³-hybridized carbons (Fsp3) is 0.211. The zero-order valence-corrected chi connectivity index (χ0v) is 15.6. The third kappa shape index (κ3) is 3.74. The number of oxazole rings is 1. The molecule has 0 radical (unpaired) electrons. The Balaban J connectivity index is 1.27. The number of amidine groups is 1. The Morgan fingerprint density at radius 3 is 2.79 bits per heavy atom. The maximum Gasteiger partial charge on any atom is 0.306 e. The molecule has 0 unspecified atom stereocenters. The molecule has 0 saturated heterocycles. The number of ether oxygens (including phenoxy) is 1. The van der Waals surface area contributed by atoms with E-state index in [0.717, 1.165) is 0 Å². The second-order valence-electron chi connectivity index (χ2n) is 6.17. The summed E-state index contributed by atoms with van der Waals surface area (Å²) >= 11 is 0. The van der Waals surface area contributed by atoms with E-state index in [1.165, 1.54) is 6.07 Å². The van der Waals surface area contributed by atoms with Crippen LogP contribution in [-0.4, -0.2) is 31.8 Å². The Morgan fingerprint density at radius 2 is 1.93 bits per heavy atom. The summed E-state index contributed by atoms with van der Waals surface area (Å²) in [7, 11) is -3.55. The highest BCUT2D eigenvalue weighted by Gasteiger charge is 2.29. The SMILES string of the molecule is O=C(CCCN=C1NS(=O)(=O)c2ccccc21)OCc1nc2ccccc2o1. The Kier molecular flexibility index (Phi) is 4.82. The molecule has 1 aromatic heterocycles. The van der Waals surface area contributed by atoms with Crippen molar-refractivity contribution in [3.8, 4) is 0 Å². The van der Waals surface area contributed by atoms with Crippen LogP contribution in [0.3, 0.4) is 0 Å². The largest absolute Gasteiger partial charge is 0.456 e. The van der Waals surface area contributed by atoms with Gasteiger partial charge in [0.2, 0.25) is 5.89 Å². The number of rotatable bonds is 6. The third-order valence-electron chi connectivity index (χ3n) is 4.17. The quantitative estimate of drug-likeness (QED) is 0.503. The van der Waals surface area contributed by atoms with Gasteiger partial charge in [0.25, 0.3) is 10.0 Å². The fourth-order valence-corrected chi connectivity index (χ4v) is 4.11. The molecule has 0 atom stereocenters. The van der Waals surface area contributed by atoms with Crippen molar-refractivity contribution >= 4 is 32.9 Å². The molecule has 28 heavy (non-hydrogen) atoms. The van der Waals surface area contributed by atoms with Gasteiger partial charge >= 0.3 is 5.97 Å². The number of aliphatic imine (C=N–C) groups is 1. The van der Waals surface area contributed by atoms with Crippen LogP contribution in [0.15, 0.2) is 62.8 Å². The number of carbonyl (C=O) groups excluding carboxylic acids is 1. The molecule has 0 bridgehead atoms. The van der Waals surface area contributed by atoms with Gasteiger partial charge in [0, 0.05) is 18.5 Å². The minimum Gasteiger partial charge on any atom is -0.456 e. The Bertz CT molecular complexity index is 1130. The van der Waals surface area contributed by atoms with E-state index in [9.17, 15) is 13.2 Å². The molecule has 0 aliphatic carbocycles. The van der Waals surface area contributed by atoms with Crippen LogP contribution in [0.25, 0.3) is 11.1 Å². The standard InChI is InChI=1S/C19H17N3O5S/c23-18(26-12-17-21-14-7-2-3-8-15(14)27-17)10-5-11-20-19-13-6-1-4-9-16(13)28(24,25)22-19/h1-4,6-9H,5,10-12H2,(H,20,22). The first kappa shape index (κ1) is 18.2. The predicted molar refractivity (Wildman–Crippen MR) is 101 cm³/mol. The monoisotopic (exact) mass is 399 g/mol. The minimum absolute atomic E-state index is 0.0325. The van der Waals surface area contributed by atoms with Crippen LogP contribution >= 0.6 is 0 Å². The van der Waals surface area contributed by atoms with Gasteiger partial charge in [-0.2, -0.15) is 0 Å². The average Bonchev–Trinajstić information content (AvgIpc) is 3.22. The number of esters is 1. The molecule has 1 aliphatic heterocycles. The zero-order chi connectivity index (χ0) is 19.6. The maximum absolute atomic E-state index is 12.0. The molecule has 0 saturated carbocycles. The lowest BCUT2D eigenvalue weighted by molar-refractivity contribution is -0.145. The van der Waals surface area contributed by atoms with Crippen molar-refractivity contribution in [1.29, 1.82) is 0 Å². The molecule has 0 fully saturated rings. The molecule has 0 amide bonds. The van der Waals surface area contributed by atoms with E-state index in [1.807, 2.05) is 18.2 Å². The number of hydrogen-bond acceptors (Lipinski definition) is 7. The highest BCUT2D eigenvalue weighted by atomic mass is 32.2. The van der Waals surface area contributed by atoms with Gasteiger partial charge < -0.3 is 9.15 Å². The molecule has 4 rings (SSSR count). The Morgan fingerprint density at radius 1 is 1.14 bits per heavy atom. The van der Waals surface area contributed by atoms with Gasteiger partial charge in [0.1, 0.15) is 11.4 Å². The van der Waals surface area contributed by atoms with Gasteiger partial charge in [0.05, 0.1) is 4.90 Å². The van der Waals surface area contributed by atoms with Gasteiger partial charge in [-0.3, -0.25) is 14.5 Å². The third-order valence-corrected chi connectivity index (χ3v) is 5.56. The Hall–Kier alpha value is -3.20. The molecule has 8 nitrogen and oxygen atoms in total. The molecule has 1 N–H and O–H groups in total. The summed E-state index contributed by atoms with van der Waals surface area (Å²) < 4.78 is 37.1. The summed E-state index contributed by atoms with van der Waals surface area (Å²) in [5.74, 6) is 0.247. The number of nitrogens with zero attached hydrogens (tertiary/aromatic N) is 2. The summed E-state index contributed by atoms with van der Waals surface area (Å²) in [5, 5.41) is 0. The van der Waals surface area contributed by atoms with Gasteiger partial charge in [-0.1, -0.05) is 24.3 Å². The van der Waals surface area contributed by atoms with Crippen LogP contribution in [0.1, 0.15) is 24.3 Å². The van der Waals surface area contributed by atoms with Crippen molar-refractivity contribution in [2.24, 2.45) is 4.99 Å². The van der Waals surface area contributed by atoms with Crippen molar-refractivity contribution in [3.05, 3.63) is 60.0 Å². The number of sulfonamides is 1. The minimum atomic E-state index is -3.55. The number of hydrogen-bond donors (Lipinski definition) is 1. The summed E-state index contributed by atoms with van der Waals surface area (Å²) in [6, 6.07) is 13.9. The van der Waals surface area contributed by atoms with Crippen LogP contribution in [-0.2, 0) is 26.2 Å².